The predicted octanol–water partition coefficient (Wildman–Crippen LogP) is 7.58. The number of para-hydroxylation sites is 1. The van der Waals surface area contributed by atoms with E-state index in [1.54, 1.807) is 7.05 Å². The lowest BCUT2D eigenvalue weighted by atomic mass is 9.94. The maximum atomic E-state index is 14.0. The first-order chi connectivity index (χ1) is 19.8. The van der Waals surface area contributed by atoms with Gasteiger partial charge in [-0.15, -0.1) is 0 Å². The van der Waals surface area contributed by atoms with Crippen molar-refractivity contribution in [1.82, 2.24) is 9.97 Å². The van der Waals surface area contributed by atoms with E-state index in [0.29, 0.717) is 18.0 Å². The molecule has 1 aliphatic rings. The van der Waals surface area contributed by atoms with Crippen LogP contribution in [0.1, 0.15) is 30.5 Å². The van der Waals surface area contributed by atoms with E-state index < -0.39 is 11.7 Å². The Labute approximate surface area is 235 Å². The van der Waals surface area contributed by atoms with Gasteiger partial charge in [0.15, 0.2) is 5.69 Å². The van der Waals surface area contributed by atoms with Gasteiger partial charge in [-0.25, -0.2) is 15.5 Å². The Morgan fingerprint density at radius 1 is 1.10 bits per heavy atom. The third-order valence-corrected chi connectivity index (χ3v) is 7.37. The van der Waals surface area contributed by atoms with Crippen molar-refractivity contribution in [3.63, 3.8) is 0 Å². The van der Waals surface area contributed by atoms with Crippen LogP contribution in [0, 0.1) is 22.8 Å². The number of nitriles is 1. The summed E-state index contributed by atoms with van der Waals surface area (Å²) < 4.78 is 47.7. The number of pyridine rings is 2. The number of hydrogen-bond acceptors (Lipinski definition) is 8. The van der Waals surface area contributed by atoms with Crippen LogP contribution in [0.15, 0.2) is 65.8 Å². The van der Waals surface area contributed by atoms with Gasteiger partial charge < -0.3 is 15.0 Å². The monoisotopic (exact) mass is 559 g/mol. The van der Waals surface area contributed by atoms with E-state index in [0.717, 1.165) is 48.7 Å². The minimum Gasteiger partial charge on any atom is -0.493 e. The molecule has 1 saturated heterocycles. The average Bonchev–Trinajstić information content (AvgIpc) is 3.00. The Kier molecular flexibility index (Phi) is 8.01. The highest BCUT2D eigenvalue weighted by atomic mass is 19.4. The molecular formula is C30H28F3N7O. The van der Waals surface area contributed by atoms with Crippen LogP contribution >= 0.6 is 0 Å². The van der Waals surface area contributed by atoms with Crippen molar-refractivity contribution in [2.75, 3.05) is 37.0 Å². The molecule has 0 amide bonds. The molecule has 4 aromatic rings. The fraction of sp³-hybridized carbons (Fsp3) is 0.300. The molecule has 0 bridgehead atoms. The van der Waals surface area contributed by atoms with Crippen LogP contribution in [0.2, 0.25) is 0 Å². The van der Waals surface area contributed by atoms with Gasteiger partial charge in [0.05, 0.1) is 29.1 Å². The lowest BCUT2D eigenvalue weighted by molar-refractivity contribution is -0.138. The second-order valence-electron chi connectivity index (χ2n) is 9.86. The van der Waals surface area contributed by atoms with Crippen molar-refractivity contribution >= 4 is 28.1 Å². The molecule has 0 saturated carbocycles. The first-order valence-corrected chi connectivity index (χ1v) is 13.3. The number of nitrogens with zero attached hydrogens (tertiary/aromatic N) is 5. The summed E-state index contributed by atoms with van der Waals surface area (Å²) in [7, 11) is 1.57. The number of fused-ring (bicyclic) bond motifs is 1. The summed E-state index contributed by atoms with van der Waals surface area (Å²) >= 11 is 0. The largest absolute Gasteiger partial charge is 0.493 e. The number of piperidine rings is 1. The van der Waals surface area contributed by atoms with Crippen LogP contribution in [0.5, 0.6) is 5.75 Å². The van der Waals surface area contributed by atoms with Crippen LogP contribution in [-0.2, 0) is 6.18 Å². The number of benzene rings is 2. The number of alkyl halides is 3. The molecule has 41 heavy (non-hydrogen) atoms. The lowest BCUT2D eigenvalue weighted by Crippen LogP contribution is -2.34. The van der Waals surface area contributed by atoms with E-state index in [2.05, 4.69) is 26.4 Å². The molecule has 0 spiro atoms. The summed E-state index contributed by atoms with van der Waals surface area (Å²) in [6, 6.07) is 19.2. The number of ether oxygens (including phenoxy) is 1. The fourth-order valence-corrected chi connectivity index (χ4v) is 5.12. The van der Waals surface area contributed by atoms with Gasteiger partial charge in [-0.3, -0.25) is 0 Å². The van der Waals surface area contributed by atoms with Gasteiger partial charge >= 0.3 is 6.18 Å². The van der Waals surface area contributed by atoms with Crippen LogP contribution in [0.25, 0.3) is 22.2 Å². The van der Waals surface area contributed by atoms with E-state index in [4.69, 9.17) is 15.3 Å². The van der Waals surface area contributed by atoms with Crippen molar-refractivity contribution in [3.05, 3.63) is 71.9 Å². The first-order valence-electron chi connectivity index (χ1n) is 13.3. The smallest absolute Gasteiger partial charge is 0.419 e. The minimum atomic E-state index is -4.65. The molecule has 0 atom stereocenters. The molecule has 1 aliphatic heterocycles. The molecule has 2 aromatic heterocycles. The number of halogens is 3. The highest BCUT2D eigenvalue weighted by Gasteiger charge is 2.35. The molecule has 11 heteroatoms. The average molecular weight is 560 g/mol. The van der Waals surface area contributed by atoms with Gasteiger partial charge in [0.2, 0.25) is 0 Å². The minimum absolute atomic E-state index is 0.0223. The Balaban J connectivity index is 1.24. The summed E-state index contributed by atoms with van der Waals surface area (Å²) in [6.07, 6.45) is -2.19. The molecular weight excluding hydrogens is 531 g/mol. The molecule has 3 heterocycles. The van der Waals surface area contributed by atoms with Crippen LogP contribution < -0.4 is 15.0 Å². The maximum Gasteiger partial charge on any atom is 0.419 e. The summed E-state index contributed by atoms with van der Waals surface area (Å²) in [5.74, 6) is 1.04. The molecule has 1 fully saturated rings. The Morgan fingerprint density at radius 3 is 2.59 bits per heavy atom. The van der Waals surface area contributed by atoms with Crippen LogP contribution in [0.4, 0.5) is 30.4 Å². The lowest BCUT2D eigenvalue weighted by Gasteiger charge is -2.33. The Hall–Kier alpha value is -4.72. The van der Waals surface area contributed by atoms with Crippen molar-refractivity contribution in [1.29, 1.82) is 10.8 Å². The topological polar surface area (TPSA) is 110 Å². The summed E-state index contributed by atoms with van der Waals surface area (Å²) in [5.41, 5.74) is 7.85. The molecule has 2 aromatic carbocycles. The second-order valence-corrected chi connectivity index (χ2v) is 9.86. The third-order valence-electron chi connectivity index (χ3n) is 7.37. The molecule has 0 unspecified atom stereocenters. The highest BCUT2D eigenvalue weighted by Crippen LogP contribution is 2.40. The highest BCUT2D eigenvalue weighted by molar-refractivity contribution is 5.80. The van der Waals surface area contributed by atoms with E-state index in [-0.39, 0.29) is 35.0 Å². The summed E-state index contributed by atoms with van der Waals surface area (Å²) in [5, 5.41) is 16.6. The molecule has 210 valence electrons. The second kappa shape index (κ2) is 11.8. The summed E-state index contributed by atoms with van der Waals surface area (Å²) in [4.78, 5) is 11.2. The molecule has 8 nitrogen and oxygen atoms in total. The Morgan fingerprint density at radius 2 is 1.88 bits per heavy atom. The molecule has 0 aliphatic carbocycles. The third kappa shape index (κ3) is 6.06. The molecule has 2 N–H and O–H groups in total. The van der Waals surface area contributed by atoms with E-state index in [9.17, 15) is 18.4 Å². The van der Waals surface area contributed by atoms with Crippen molar-refractivity contribution in [2.45, 2.75) is 25.4 Å². The van der Waals surface area contributed by atoms with Gasteiger partial charge in [-0.2, -0.15) is 23.5 Å². The number of nitrogens with one attached hydrogen (secondary N) is 2. The van der Waals surface area contributed by atoms with E-state index >= 15 is 0 Å². The van der Waals surface area contributed by atoms with Crippen LogP contribution in [0.3, 0.4) is 0 Å². The zero-order valence-electron chi connectivity index (χ0n) is 22.4. The van der Waals surface area contributed by atoms with Gasteiger partial charge in [-0.05, 0) is 67.6 Å². The predicted molar refractivity (Wildman–Crippen MR) is 151 cm³/mol. The van der Waals surface area contributed by atoms with E-state index in [1.807, 2.05) is 36.4 Å². The van der Waals surface area contributed by atoms with Gasteiger partial charge in [0.25, 0.3) is 0 Å². The molecule has 5 rings (SSSR count). The SMILES string of the molecule is CNc1cc(-c2ccc(OCCC3CCN(c4ccc5ccccc5n4)CC3)c(C(F)(F)F)c2)nc(C#N)c1N=N. The van der Waals surface area contributed by atoms with Crippen molar-refractivity contribution < 1.29 is 17.9 Å². The fourth-order valence-electron chi connectivity index (χ4n) is 5.12. The van der Waals surface area contributed by atoms with Gasteiger partial charge in [-0.1, -0.05) is 18.2 Å². The van der Waals surface area contributed by atoms with Crippen LogP contribution in [-0.4, -0.2) is 36.7 Å². The number of rotatable bonds is 8. The normalized spacial score (nSPS) is 14.1. The number of aromatic nitrogens is 2. The number of anilines is 2. The molecule has 0 radical (unpaired) electrons. The first kappa shape index (κ1) is 27.8. The zero-order valence-corrected chi connectivity index (χ0v) is 22.4. The maximum absolute atomic E-state index is 14.0. The van der Waals surface area contributed by atoms with Gasteiger partial charge in [0, 0.05) is 31.1 Å². The van der Waals surface area contributed by atoms with Crippen molar-refractivity contribution in [2.24, 2.45) is 11.0 Å². The number of hydrogen-bond donors (Lipinski definition) is 2. The van der Waals surface area contributed by atoms with E-state index in [1.165, 1.54) is 18.2 Å². The Bertz CT molecular complexity index is 1610. The standard InChI is InChI=1S/C30H28F3N7O/c1-36-25-17-24(37-26(18-34)29(25)39-35)21-6-8-27(22(16-21)30(31,32)33)41-15-12-19-10-13-40(14-11-19)28-9-7-20-4-2-3-5-23(20)38-28/h2-9,16-17,19,35H,10-15H2,1H3,(H,36,37). The summed E-state index contributed by atoms with van der Waals surface area (Å²) in [6.45, 7) is 1.83. The quantitative estimate of drug-likeness (QED) is 0.215. The zero-order chi connectivity index (χ0) is 29.0. The van der Waals surface area contributed by atoms with Gasteiger partial charge in [0.1, 0.15) is 23.3 Å². The van der Waals surface area contributed by atoms with Crippen molar-refractivity contribution in [3.8, 4) is 23.1 Å².